The Kier molecular flexibility index (Phi) is 4.91. The van der Waals surface area contributed by atoms with Gasteiger partial charge in [-0.1, -0.05) is 24.3 Å². The predicted octanol–water partition coefficient (Wildman–Crippen LogP) is 2.11. The molecule has 0 spiro atoms. The predicted molar refractivity (Wildman–Crippen MR) is 88.1 cm³/mol. The first-order valence-electron chi connectivity index (χ1n) is 7.95. The van der Waals surface area contributed by atoms with Crippen LogP contribution in [0.4, 0.5) is 0 Å². The quantitative estimate of drug-likeness (QED) is 0.560. The molecule has 1 aromatic rings. The number of rotatable bonds is 6. The van der Waals surface area contributed by atoms with Crippen molar-refractivity contribution >= 4 is 10.1 Å². The fourth-order valence-corrected chi connectivity index (χ4v) is 3.80. The zero-order chi connectivity index (χ0) is 18.2. The summed E-state index contributed by atoms with van der Waals surface area (Å²) in [6, 6.07) is 6.42. The van der Waals surface area contributed by atoms with Crippen molar-refractivity contribution < 1.29 is 31.5 Å². The molecule has 3 rings (SSSR count). The maximum Gasteiger partial charge on any atom is 0.297 e. The zero-order valence-electron chi connectivity index (χ0n) is 14.4. The van der Waals surface area contributed by atoms with E-state index in [1.165, 1.54) is 18.4 Å². The summed E-state index contributed by atoms with van der Waals surface area (Å²) in [5, 5.41) is 0. The molecule has 2 aliphatic rings. The molecule has 2 fully saturated rings. The summed E-state index contributed by atoms with van der Waals surface area (Å²) in [6.45, 7) is 8.74. The van der Waals surface area contributed by atoms with Crippen molar-refractivity contribution in [3.8, 4) is 0 Å². The maximum atomic E-state index is 12.3. The molecule has 1 aromatic carbocycles. The minimum absolute atomic E-state index is 0.0890. The van der Waals surface area contributed by atoms with Gasteiger partial charge in [0.2, 0.25) is 0 Å². The highest BCUT2D eigenvalue weighted by Gasteiger charge is 2.56. The topological polar surface area (TPSA) is 80.3 Å². The van der Waals surface area contributed by atoms with Gasteiger partial charge < -0.3 is 18.9 Å². The molecule has 7 nitrogen and oxygen atoms in total. The van der Waals surface area contributed by atoms with Crippen LogP contribution in [0.3, 0.4) is 0 Å². The number of hydrogen-bond acceptors (Lipinski definition) is 7. The van der Waals surface area contributed by atoms with Crippen LogP contribution in [0, 0.1) is 6.92 Å². The third kappa shape index (κ3) is 3.88. The number of benzene rings is 1. The molecule has 8 heteroatoms. The molecule has 2 heterocycles. The van der Waals surface area contributed by atoms with Crippen LogP contribution in [0.5, 0.6) is 0 Å². The maximum absolute atomic E-state index is 12.3. The van der Waals surface area contributed by atoms with Crippen molar-refractivity contribution in [1.29, 1.82) is 0 Å². The second-order valence-electron chi connectivity index (χ2n) is 6.46. The van der Waals surface area contributed by atoms with E-state index in [0.29, 0.717) is 0 Å². The Morgan fingerprint density at radius 1 is 1.24 bits per heavy atom. The summed E-state index contributed by atoms with van der Waals surface area (Å²) in [7, 11) is -3.89. The van der Waals surface area contributed by atoms with E-state index in [0.717, 1.165) is 5.56 Å². The molecule has 25 heavy (non-hydrogen) atoms. The summed E-state index contributed by atoms with van der Waals surface area (Å²) in [6.07, 6.45) is -1.09. The van der Waals surface area contributed by atoms with Crippen molar-refractivity contribution in [2.24, 2.45) is 0 Å². The van der Waals surface area contributed by atoms with E-state index in [9.17, 15) is 8.42 Å². The Hall–Kier alpha value is -1.45. The third-order valence-electron chi connectivity index (χ3n) is 4.04. The first-order chi connectivity index (χ1) is 11.7. The minimum Gasteiger partial charge on any atom is -0.493 e. The van der Waals surface area contributed by atoms with Gasteiger partial charge in [0.15, 0.2) is 24.3 Å². The highest BCUT2D eigenvalue weighted by molar-refractivity contribution is 7.86. The van der Waals surface area contributed by atoms with Gasteiger partial charge in [0.05, 0.1) is 17.8 Å². The van der Waals surface area contributed by atoms with Gasteiger partial charge in [-0.3, -0.25) is 4.18 Å². The summed E-state index contributed by atoms with van der Waals surface area (Å²) in [4.78, 5) is 0.0890. The Bertz CT molecular complexity index is 726. The Labute approximate surface area is 147 Å². The lowest BCUT2D eigenvalue weighted by atomic mass is 10.1. The van der Waals surface area contributed by atoms with Crippen molar-refractivity contribution in [1.82, 2.24) is 0 Å². The largest absolute Gasteiger partial charge is 0.493 e. The Balaban J connectivity index is 1.68. The summed E-state index contributed by atoms with van der Waals surface area (Å²) in [5.74, 6) is -0.794. The van der Waals surface area contributed by atoms with Crippen LogP contribution in [0.2, 0.25) is 0 Å². The third-order valence-corrected chi connectivity index (χ3v) is 5.33. The molecular formula is C17H22O7S. The molecule has 4 atom stereocenters. The van der Waals surface area contributed by atoms with Crippen molar-refractivity contribution in [3.05, 3.63) is 42.7 Å². The SMILES string of the molecule is C=CO[C@@H]1[C@H]2OC(C)(C)O[C@H]2O[C@@H]1COS(=O)(=O)c1ccc(C)cc1. The number of fused-ring (bicyclic) bond motifs is 1. The van der Waals surface area contributed by atoms with Gasteiger partial charge in [0.25, 0.3) is 10.1 Å². The van der Waals surface area contributed by atoms with E-state index < -0.39 is 40.5 Å². The fraction of sp³-hybridized carbons (Fsp3) is 0.529. The van der Waals surface area contributed by atoms with Crippen molar-refractivity contribution in [3.63, 3.8) is 0 Å². The van der Waals surface area contributed by atoms with Gasteiger partial charge in [-0.2, -0.15) is 8.42 Å². The van der Waals surface area contributed by atoms with Crippen LogP contribution >= 0.6 is 0 Å². The first kappa shape index (κ1) is 18.3. The van der Waals surface area contributed by atoms with Crippen LogP contribution in [0.1, 0.15) is 19.4 Å². The molecule has 0 aliphatic carbocycles. The molecular weight excluding hydrogens is 348 g/mol. The van der Waals surface area contributed by atoms with Gasteiger partial charge in [-0.25, -0.2) is 0 Å². The van der Waals surface area contributed by atoms with Gasteiger partial charge >= 0.3 is 0 Å². The van der Waals surface area contributed by atoms with Gasteiger partial charge in [0.1, 0.15) is 6.10 Å². The van der Waals surface area contributed by atoms with E-state index in [1.807, 2.05) is 6.92 Å². The Morgan fingerprint density at radius 3 is 2.56 bits per heavy atom. The van der Waals surface area contributed by atoms with Gasteiger partial charge in [0, 0.05) is 0 Å². The van der Waals surface area contributed by atoms with Crippen LogP contribution in [0.15, 0.2) is 42.0 Å². The second kappa shape index (κ2) is 6.69. The molecule has 138 valence electrons. The summed E-state index contributed by atoms with van der Waals surface area (Å²) >= 11 is 0. The number of ether oxygens (including phenoxy) is 4. The normalized spacial score (nSPS) is 30.8. The van der Waals surface area contributed by atoms with Crippen molar-refractivity contribution in [2.75, 3.05) is 6.61 Å². The molecule has 0 radical (unpaired) electrons. The minimum atomic E-state index is -3.89. The van der Waals surface area contributed by atoms with Crippen LogP contribution in [0.25, 0.3) is 0 Å². The number of aryl methyl sites for hydroxylation is 1. The van der Waals surface area contributed by atoms with Crippen LogP contribution < -0.4 is 0 Å². The monoisotopic (exact) mass is 370 g/mol. The zero-order valence-corrected chi connectivity index (χ0v) is 15.2. The van der Waals surface area contributed by atoms with Gasteiger partial charge in [-0.05, 0) is 32.9 Å². The molecule has 0 aromatic heterocycles. The highest BCUT2D eigenvalue weighted by atomic mass is 32.2. The lowest BCUT2D eigenvalue weighted by Gasteiger charge is -2.25. The standard InChI is InChI=1S/C17H22O7S/c1-5-20-14-13(22-16-15(14)23-17(3,4)24-16)10-21-25(18,19)12-8-6-11(2)7-9-12/h5-9,13-16H,1,10H2,2-4H3/t13-,14+,15-,16-/m1/s1. The second-order valence-corrected chi connectivity index (χ2v) is 8.08. The molecule has 2 aliphatic heterocycles. The smallest absolute Gasteiger partial charge is 0.297 e. The van der Waals surface area contributed by atoms with Crippen LogP contribution in [-0.4, -0.2) is 45.4 Å². The number of hydrogen-bond donors (Lipinski definition) is 0. The molecule has 0 N–H and O–H groups in total. The van der Waals surface area contributed by atoms with E-state index in [-0.39, 0.29) is 11.5 Å². The van der Waals surface area contributed by atoms with E-state index in [4.69, 9.17) is 23.1 Å². The highest BCUT2D eigenvalue weighted by Crippen LogP contribution is 2.39. The Morgan fingerprint density at radius 2 is 1.92 bits per heavy atom. The molecule has 0 saturated carbocycles. The fourth-order valence-electron chi connectivity index (χ4n) is 2.89. The molecule has 0 bridgehead atoms. The van der Waals surface area contributed by atoms with Gasteiger partial charge in [-0.15, -0.1) is 0 Å². The first-order valence-corrected chi connectivity index (χ1v) is 9.36. The van der Waals surface area contributed by atoms with E-state index in [1.54, 1.807) is 26.0 Å². The lowest BCUT2D eigenvalue weighted by molar-refractivity contribution is -0.217. The molecule has 0 amide bonds. The molecule has 0 unspecified atom stereocenters. The lowest BCUT2D eigenvalue weighted by Crippen LogP contribution is -2.38. The average Bonchev–Trinajstić information content (AvgIpc) is 2.99. The summed E-state index contributed by atoms with van der Waals surface area (Å²) in [5.41, 5.74) is 0.960. The van der Waals surface area contributed by atoms with Crippen LogP contribution in [-0.2, 0) is 33.2 Å². The summed E-state index contributed by atoms with van der Waals surface area (Å²) < 4.78 is 52.4. The van der Waals surface area contributed by atoms with E-state index >= 15 is 0 Å². The van der Waals surface area contributed by atoms with Crippen molar-refractivity contribution in [2.45, 2.75) is 56.1 Å². The molecule has 2 saturated heterocycles. The average molecular weight is 370 g/mol. The van der Waals surface area contributed by atoms with E-state index in [2.05, 4.69) is 6.58 Å².